The van der Waals surface area contributed by atoms with E-state index in [-0.39, 0.29) is 42.7 Å². The number of nitrogens with two attached hydrogens (primary N) is 1. The number of carbonyl (C=O) groups is 1. The molecule has 26 heavy (non-hydrogen) atoms. The first kappa shape index (κ1) is 20.5. The van der Waals surface area contributed by atoms with Crippen LogP contribution >= 0.6 is 24.8 Å². The molecule has 0 aliphatic heterocycles. The van der Waals surface area contributed by atoms with Crippen LogP contribution in [0.1, 0.15) is 19.3 Å². The van der Waals surface area contributed by atoms with Crippen molar-refractivity contribution >= 4 is 36.4 Å². The number of carbonyl (C=O) groups excluding carboxylic acids is 1. The van der Waals surface area contributed by atoms with E-state index >= 15 is 0 Å². The van der Waals surface area contributed by atoms with Gasteiger partial charge in [0.2, 0.25) is 5.91 Å². The molecule has 140 valence electrons. The second-order valence-electron chi connectivity index (χ2n) is 6.74. The van der Waals surface area contributed by atoms with Crippen molar-refractivity contribution < 1.29 is 9.53 Å². The highest BCUT2D eigenvalue weighted by molar-refractivity contribution is 5.93. The summed E-state index contributed by atoms with van der Waals surface area (Å²) in [7, 11) is 0. The van der Waals surface area contributed by atoms with Crippen molar-refractivity contribution in [2.24, 2.45) is 23.5 Å². The van der Waals surface area contributed by atoms with Gasteiger partial charge in [-0.05, 0) is 55.4 Å². The lowest BCUT2D eigenvalue weighted by Crippen LogP contribution is -2.42. The van der Waals surface area contributed by atoms with Crippen LogP contribution in [0.25, 0.3) is 0 Å². The molecule has 0 spiro atoms. The van der Waals surface area contributed by atoms with Crippen molar-refractivity contribution in [3.63, 3.8) is 0 Å². The molecule has 4 atom stereocenters. The first-order valence-corrected chi connectivity index (χ1v) is 8.45. The number of halogens is 2. The van der Waals surface area contributed by atoms with Crippen LogP contribution < -0.4 is 15.8 Å². The third-order valence-corrected chi connectivity index (χ3v) is 5.27. The van der Waals surface area contributed by atoms with Crippen molar-refractivity contribution in [1.29, 1.82) is 0 Å². The van der Waals surface area contributed by atoms with Crippen LogP contribution in [0.2, 0.25) is 0 Å². The second-order valence-corrected chi connectivity index (χ2v) is 6.74. The zero-order valence-electron chi connectivity index (χ0n) is 14.2. The zero-order valence-corrected chi connectivity index (χ0v) is 15.8. The zero-order chi connectivity index (χ0) is 16.5. The Balaban J connectivity index is 0.00000121. The lowest BCUT2D eigenvalue weighted by atomic mass is 9.84. The van der Waals surface area contributed by atoms with Crippen molar-refractivity contribution in [2.75, 3.05) is 5.32 Å². The summed E-state index contributed by atoms with van der Waals surface area (Å²) in [5.41, 5.74) is 7.00. The summed E-state index contributed by atoms with van der Waals surface area (Å²) in [4.78, 5) is 16.6. The number of pyridine rings is 1. The largest absolute Gasteiger partial charge is 0.457 e. The highest BCUT2D eigenvalue weighted by atomic mass is 35.5. The van der Waals surface area contributed by atoms with Gasteiger partial charge in [-0.1, -0.05) is 6.07 Å². The normalized spacial score (nSPS) is 25.7. The van der Waals surface area contributed by atoms with Crippen LogP contribution in [-0.2, 0) is 4.79 Å². The predicted molar refractivity (Wildman–Crippen MR) is 106 cm³/mol. The summed E-state index contributed by atoms with van der Waals surface area (Å²) < 4.78 is 5.78. The van der Waals surface area contributed by atoms with E-state index in [1.807, 2.05) is 24.3 Å². The van der Waals surface area contributed by atoms with Gasteiger partial charge in [-0.15, -0.1) is 24.8 Å². The van der Waals surface area contributed by atoms with E-state index in [1.54, 1.807) is 24.5 Å². The minimum Gasteiger partial charge on any atom is -0.457 e. The van der Waals surface area contributed by atoms with Gasteiger partial charge in [-0.2, -0.15) is 0 Å². The molecule has 2 fully saturated rings. The highest BCUT2D eigenvalue weighted by Gasteiger charge is 2.49. The van der Waals surface area contributed by atoms with Crippen LogP contribution in [0.4, 0.5) is 5.69 Å². The Morgan fingerprint density at radius 1 is 1.08 bits per heavy atom. The molecular formula is C19H23Cl2N3O2. The molecule has 1 aromatic carbocycles. The fraction of sp³-hybridized carbons (Fsp3) is 0.368. The molecule has 3 N–H and O–H groups in total. The molecule has 4 rings (SSSR count). The number of nitrogens with one attached hydrogen (secondary N) is 1. The summed E-state index contributed by atoms with van der Waals surface area (Å²) >= 11 is 0. The van der Waals surface area contributed by atoms with Crippen LogP contribution in [0, 0.1) is 17.8 Å². The van der Waals surface area contributed by atoms with Gasteiger partial charge < -0.3 is 15.8 Å². The molecule has 2 aliphatic carbocycles. The molecule has 2 aliphatic rings. The number of hydrogen-bond donors (Lipinski definition) is 2. The second kappa shape index (κ2) is 8.71. The van der Waals surface area contributed by atoms with Gasteiger partial charge in [0.15, 0.2) is 0 Å². The number of anilines is 1. The number of amides is 1. The summed E-state index contributed by atoms with van der Waals surface area (Å²) in [6.07, 6.45) is 6.76. The third-order valence-electron chi connectivity index (χ3n) is 5.27. The van der Waals surface area contributed by atoms with Crippen LogP contribution in [0.15, 0.2) is 48.8 Å². The molecule has 4 unspecified atom stereocenters. The molecule has 0 saturated heterocycles. The predicted octanol–water partition coefficient (Wildman–Crippen LogP) is 4.03. The first-order valence-electron chi connectivity index (χ1n) is 8.45. The van der Waals surface area contributed by atoms with Gasteiger partial charge in [0.25, 0.3) is 0 Å². The van der Waals surface area contributed by atoms with Crippen molar-refractivity contribution in [2.45, 2.75) is 25.3 Å². The molecule has 2 bridgehead atoms. The first-order chi connectivity index (χ1) is 11.7. The number of aromatic nitrogens is 1. The highest BCUT2D eigenvalue weighted by Crippen LogP contribution is 2.47. The average Bonchev–Trinajstić information content (AvgIpc) is 3.17. The van der Waals surface area contributed by atoms with E-state index in [1.165, 1.54) is 6.42 Å². The number of rotatable bonds is 4. The number of nitrogens with zero attached hydrogens (tertiary/aromatic N) is 1. The van der Waals surface area contributed by atoms with E-state index in [2.05, 4.69) is 10.3 Å². The maximum atomic E-state index is 12.6. The lowest BCUT2D eigenvalue weighted by molar-refractivity contribution is -0.121. The number of benzene rings is 1. The number of fused-ring (bicyclic) bond motifs is 2. The molecule has 0 radical (unpaired) electrons. The van der Waals surface area contributed by atoms with Crippen LogP contribution in [0.3, 0.4) is 0 Å². The Bertz CT molecular complexity index is 743. The fourth-order valence-corrected chi connectivity index (χ4v) is 4.13. The number of hydrogen-bond acceptors (Lipinski definition) is 4. The molecule has 1 amide bonds. The molecule has 1 aromatic heterocycles. The van der Waals surface area contributed by atoms with E-state index in [0.29, 0.717) is 23.3 Å². The number of ether oxygens (including phenoxy) is 1. The van der Waals surface area contributed by atoms with Crippen LogP contribution in [0.5, 0.6) is 11.5 Å². The van der Waals surface area contributed by atoms with Gasteiger partial charge in [-0.3, -0.25) is 9.78 Å². The summed E-state index contributed by atoms with van der Waals surface area (Å²) in [5, 5.41) is 3.01. The molecule has 2 aromatic rings. The molecule has 1 heterocycles. The van der Waals surface area contributed by atoms with Gasteiger partial charge >= 0.3 is 0 Å². The Hall–Kier alpha value is -1.82. The Morgan fingerprint density at radius 2 is 1.81 bits per heavy atom. The molecule has 7 heteroatoms. The van der Waals surface area contributed by atoms with Crippen LogP contribution in [-0.4, -0.2) is 16.9 Å². The van der Waals surface area contributed by atoms with Gasteiger partial charge in [0.1, 0.15) is 11.5 Å². The van der Waals surface area contributed by atoms with Crippen molar-refractivity contribution in [3.8, 4) is 11.5 Å². The van der Waals surface area contributed by atoms with Crippen molar-refractivity contribution in [3.05, 3.63) is 48.8 Å². The quantitative estimate of drug-likeness (QED) is 0.818. The maximum Gasteiger partial charge on any atom is 0.229 e. The minimum atomic E-state index is -0.0616. The Kier molecular flexibility index (Phi) is 6.87. The smallest absolute Gasteiger partial charge is 0.229 e. The summed E-state index contributed by atoms with van der Waals surface area (Å²) in [6.45, 7) is 0. The third kappa shape index (κ3) is 4.11. The lowest BCUT2D eigenvalue weighted by Gasteiger charge is -2.27. The van der Waals surface area contributed by atoms with E-state index in [0.717, 1.165) is 18.5 Å². The van der Waals surface area contributed by atoms with E-state index in [4.69, 9.17) is 10.5 Å². The van der Waals surface area contributed by atoms with E-state index < -0.39 is 0 Å². The minimum absolute atomic E-state index is 0. The standard InChI is InChI=1S/C19H21N3O2.2ClH/c20-18-13-5-4-12(10-13)17(18)19(23)22-14-2-1-3-16(11-14)24-15-6-8-21-9-7-15;;/h1-3,6-9,11-13,17-18H,4-5,10,20H2,(H,22,23);2*1H. The summed E-state index contributed by atoms with van der Waals surface area (Å²) in [6, 6.07) is 11.0. The SMILES string of the molecule is Cl.Cl.NC1C2CCC(C2)C1C(=O)Nc1cccc(Oc2ccncc2)c1. The molecule has 2 saturated carbocycles. The monoisotopic (exact) mass is 395 g/mol. The van der Waals surface area contributed by atoms with Gasteiger partial charge in [0.05, 0.1) is 5.92 Å². The van der Waals surface area contributed by atoms with Gasteiger partial charge in [-0.25, -0.2) is 0 Å². The maximum absolute atomic E-state index is 12.6. The van der Waals surface area contributed by atoms with Gasteiger partial charge in [0, 0.05) is 30.2 Å². The topological polar surface area (TPSA) is 77.2 Å². The Labute approximate surface area is 165 Å². The average molecular weight is 396 g/mol. The van der Waals surface area contributed by atoms with Crippen molar-refractivity contribution in [1.82, 2.24) is 4.98 Å². The summed E-state index contributed by atoms with van der Waals surface area (Å²) in [5.74, 6) is 2.33. The molecule has 5 nitrogen and oxygen atoms in total. The molecular weight excluding hydrogens is 373 g/mol. The fourth-order valence-electron chi connectivity index (χ4n) is 4.13. The Morgan fingerprint density at radius 3 is 2.50 bits per heavy atom. The van der Waals surface area contributed by atoms with E-state index in [9.17, 15) is 4.79 Å².